The predicted molar refractivity (Wildman–Crippen MR) is 57.7 cm³/mol. The summed E-state index contributed by atoms with van der Waals surface area (Å²) in [4.78, 5) is 4.88. The first-order chi connectivity index (χ1) is 6.83. The van der Waals surface area contributed by atoms with Crippen molar-refractivity contribution in [3.63, 3.8) is 0 Å². The number of hydrogen-bond donors (Lipinski definition) is 0. The molecule has 1 aromatic rings. The molecule has 2 heteroatoms. The Morgan fingerprint density at radius 1 is 1.29 bits per heavy atom. The molecule has 2 nitrogen and oxygen atoms in total. The van der Waals surface area contributed by atoms with Crippen molar-refractivity contribution < 1.29 is 4.84 Å². The van der Waals surface area contributed by atoms with Crippen LogP contribution in [0.4, 0.5) is 0 Å². The van der Waals surface area contributed by atoms with E-state index in [2.05, 4.69) is 30.3 Å². The van der Waals surface area contributed by atoms with Crippen LogP contribution in [0.15, 0.2) is 23.4 Å². The maximum Gasteiger partial charge on any atom is 0.106 e. The third-order valence-electron chi connectivity index (χ3n) is 2.71. The smallest absolute Gasteiger partial charge is 0.106 e. The van der Waals surface area contributed by atoms with E-state index in [-0.39, 0.29) is 0 Å². The van der Waals surface area contributed by atoms with Crippen LogP contribution in [0.1, 0.15) is 29.5 Å². The van der Waals surface area contributed by atoms with Crippen LogP contribution >= 0.6 is 0 Å². The molecule has 0 radical (unpaired) electrons. The van der Waals surface area contributed by atoms with Gasteiger partial charge in [0.05, 0.1) is 5.71 Å². The second-order valence-corrected chi connectivity index (χ2v) is 3.68. The fraction of sp³-hybridized carbons (Fsp3) is 0.417. The van der Waals surface area contributed by atoms with E-state index >= 15 is 0 Å². The highest BCUT2D eigenvalue weighted by Gasteiger charge is 2.17. The van der Waals surface area contributed by atoms with Crippen LogP contribution in [0.25, 0.3) is 0 Å². The number of oxime groups is 1. The van der Waals surface area contributed by atoms with Crippen molar-refractivity contribution in [1.29, 1.82) is 0 Å². The van der Waals surface area contributed by atoms with Gasteiger partial charge in [-0.05, 0) is 37.3 Å². The van der Waals surface area contributed by atoms with E-state index in [4.69, 9.17) is 4.84 Å². The van der Waals surface area contributed by atoms with Gasteiger partial charge in [0.1, 0.15) is 7.11 Å². The van der Waals surface area contributed by atoms with Crippen LogP contribution in [0.2, 0.25) is 0 Å². The van der Waals surface area contributed by atoms with Crippen molar-refractivity contribution in [3.8, 4) is 0 Å². The largest absolute Gasteiger partial charge is 0.399 e. The molecule has 1 aliphatic carbocycles. The first kappa shape index (κ1) is 9.25. The Morgan fingerprint density at radius 2 is 2.14 bits per heavy atom. The normalized spacial score (nSPS) is 18.0. The minimum absolute atomic E-state index is 1.03. The van der Waals surface area contributed by atoms with Gasteiger partial charge in [0, 0.05) is 5.56 Å². The number of fused-ring (bicyclic) bond motifs is 1. The summed E-state index contributed by atoms with van der Waals surface area (Å²) in [5.41, 5.74) is 5.12. The van der Waals surface area contributed by atoms with E-state index in [0.29, 0.717) is 0 Å². The third kappa shape index (κ3) is 1.52. The quantitative estimate of drug-likeness (QED) is 0.622. The predicted octanol–water partition coefficient (Wildman–Crippen LogP) is 2.68. The molecule has 0 bridgehead atoms. The molecule has 0 aliphatic heterocycles. The molecular formula is C12H15NO. The van der Waals surface area contributed by atoms with E-state index in [0.717, 1.165) is 12.1 Å². The molecule has 0 heterocycles. The van der Waals surface area contributed by atoms with E-state index in [1.165, 1.54) is 29.5 Å². The summed E-state index contributed by atoms with van der Waals surface area (Å²) in [7, 11) is 1.61. The summed E-state index contributed by atoms with van der Waals surface area (Å²) >= 11 is 0. The lowest BCUT2D eigenvalue weighted by Crippen LogP contribution is -2.13. The second-order valence-electron chi connectivity index (χ2n) is 3.68. The van der Waals surface area contributed by atoms with Gasteiger partial charge in [0.25, 0.3) is 0 Å². The molecule has 0 atom stereocenters. The molecule has 0 spiro atoms. The van der Waals surface area contributed by atoms with E-state index in [1.807, 2.05) is 0 Å². The highest BCUT2D eigenvalue weighted by atomic mass is 16.6. The maximum atomic E-state index is 4.88. The van der Waals surface area contributed by atoms with E-state index in [1.54, 1.807) is 7.11 Å². The van der Waals surface area contributed by atoms with Crippen molar-refractivity contribution in [2.75, 3.05) is 7.11 Å². The Labute approximate surface area is 84.6 Å². The zero-order valence-electron chi connectivity index (χ0n) is 8.71. The number of benzene rings is 1. The van der Waals surface area contributed by atoms with Crippen molar-refractivity contribution in [1.82, 2.24) is 0 Å². The standard InChI is InChI=1S/C12H15NO/c1-9-5-3-6-10-7-4-8-11(12(9)10)13-14-2/h3,5-6H,4,7-8H2,1-2H3/b13-11+. The Hall–Kier alpha value is -1.31. The molecule has 0 unspecified atom stereocenters. The van der Waals surface area contributed by atoms with Gasteiger partial charge in [-0.15, -0.1) is 0 Å². The Kier molecular flexibility index (Phi) is 2.53. The van der Waals surface area contributed by atoms with E-state index < -0.39 is 0 Å². The lowest BCUT2D eigenvalue weighted by Gasteiger charge is -2.19. The SMILES string of the molecule is CO/N=C1\CCCc2cccc(C)c21. The second kappa shape index (κ2) is 3.82. The maximum absolute atomic E-state index is 4.88. The van der Waals surface area contributed by atoms with E-state index in [9.17, 15) is 0 Å². The van der Waals surface area contributed by atoms with Gasteiger partial charge in [0.2, 0.25) is 0 Å². The fourth-order valence-corrected chi connectivity index (χ4v) is 2.12. The number of rotatable bonds is 1. The average Bonchev–Trinajstić information content (AvgIpc) is 2.19. The van der Waals surface area contributed by atoms with Crippen LogP contribution in [0, 0.1) is 6.92 Å². The summed E-state index contributed by atoms with van der Waals surface area (Å²) in [5.74, 6) is 0. The lowest BCUT2D eigenvalue weighted by atomic mass is 9.87. The van der Waals surface area contributed by atoms with Crippen molar-refractivity contribution in [2.24, 2.45) is 5.16 Å². The minimum atomic E-state index is 1.03. The molecule has 0 N–H and O–H groups in total. The lowest BCUT2D eigenvalue weighted by molar-refractivity contribution is 0.212. The van der Waals surface area contributed by atoms with Gasteiger partial charge in [-0.2, -0.15) is 0 Å². The first-order valence-corrected chi connectivity index (χ1v) is 5.02. The number of nitrogens with zero attached hydrogens (tertiary/aromatic N) is 1. The van der Waals surface area contributed by atoms with Gasteiger partial charge >= 0.3 is 0 Å². The van der Waals surface area contributed by atoms with Crippen LogP contribution in [0.3, 0.4) is 0 Å². The van der Waals surface area contributed by atoms with Gasteiger partial charge in [-0.3, -0.25) is 0 Å². The Balaban J connectivity index is 2.52. The zero-order valence-corrected chi connectivity index (χ0v) is 8.71. The number of hydrogen-bond acceptors (Lipinski definition) is 2. The monoisotopic (exact) mass is 189 g/mol. The van der Waals surface area contributed by atoms with Crippen LogP contribution < -0.4 is 0 Å². The fourth-order valence-electron chi connectivity index (χ4n) is 2.12. The van der Waals surface area contributed by atoms with Crippen molar-refractivity contribution >= 4 is 5.71 Å². The van der Waals surface area contributed by atoms with Gasteiger partial charge < -0.3 is 4.84 Å². The Morgan fingerprint density at radius 3 is 2.93 bits per heavy atom. The molecule has 74 valence electrons. The van der Waals surface area contributed by atoms with Crippen LogP contribution in [0.5, 0.6) is 0 Å². The summed E-state index contributed by atoms with van der Waals surface area (Å²) < 4.78 is 0. The highest BCUT2D eigenvalue weighted by Crippen LogP contribution is 2.24. The van der Waals surface area contributed by atoms with Crippen molar-refractivity contribution in [3.05, 3.63) is 34.9 Å². The molecule has 2 rings (SSSR count). The highest BCUT2D eigenvalue weighted by molar-refractivity contribution is 6.03. The van der Waals surface area contributed by atoms with Crippen molar-refractivity contribution in [2.45, 2.75) is 26.2 Å². The topological polar surface area (TPSA) is 21.6 Å². The summed E-state index contributed by atoms with van der Waals surface area (Å²) in [6, 6.07) is 6.44. The van der Waals surface area contributed by atoms with Gasteiger partial charge in [0.15, 0.2) is 0 Å². The summed E-state index contributed by atoms with van der Waals surface area (Å²) in [6.07, 6.45) is 3.38. The van der Waals surface area contributed by atoms with Gasteiger partial charge in [-0.1, -0.05) is 23.4 Å². The molecular weight excluding hydrogens is 174 g/mol. The summed E-state index contributed by atoms with van der Waals surface area (Å²) in [5, 5.41) is 4.10. The Bertz CT molecular complexity index is 369. The molecule has 0 fully saturated rings. The van der Waals surface area contributed by atoms with Gasteiger partial charge in [-0.25, -0.2) is 0 Å². The molecule has 0 aromatic heterocycles. The number of aryl methyl sites for hydroxylation is 2. The molecule has 0 saturated heterocycles. The molecule has 14 heavy (non-hydrogen) atoms. The molecule has 1 aliphatic rings. The molecule has 0 amide bonds. The van der Waals surface area contributed by atoms with Crippen LogP contribution in [-0.4, -0.2) is 12.8 Å². The minimum Gasteiger partial charge on any atom is -0.399 e. The average molecular weight is 189 g/mol. The molecule has 0 saturated carbocycles. The first-order valence-electron chi connectivity index (χ1n) is 5.02. The molecule has 1 aromatic carbocycles. The van der Waals surface area contributed by atoms with Crippen LogP contribution in [-0.2, 0) is 11.3 Å². The third-order valence-corrected chi connectivity index (χ3v) is 2.71. The zero-order chi connectivity index (χ0) is 9.97. The summed E-state index contributed by atoms with van der Waals surface area (Å²) in [6.45, 7) is 2.13.